The van der Waals surface area contributed by atoms with Crippen LogP contribution in [-0.2, 0) is 4.79 Å². The number of nitrogens with one attached hydrogen (secondary N) is 2. The lowest BCUT2D eigenvalue weighted by Gasteiger charge is -2.06. The number of fused-ring (bicyclic) bond motifs is 1. The van der Waals surface area contributed by atoms with Crippen LogP contribution in [0, 0.1) is 6.92 Å². The van der Waals surface area contributed by atoms with E-state index in [1.165, 1.54) is 0 Å². The number of aromatic amines is 1. The van der Waals surface area contributed by atoms with Crippen LogP contribution in [-0.4, -0.2) is 10.9 Å². The number of carbonyl (C=O) groups is 1. The Balaban J connectivity index is 2.25. The maximum absolute atomic E-state index is 12.1. The zero-order valence-corrected chi connectivity index (χ0v) is 10.7. The molecule has 0 fully saturated rings. The van der Waals surface area contributed by atoms with Crippen LogP contribution in [0.25, 0.3) is 22.1 Å². The maximum atomic E-state index is 12.1. The summed E-state index contributed by atoms with van der Waals surface area (Å²) in [4.78, 5) is 18.0. The number of carbonyl (C=O) groups excluding carboxylic acids is 1. The average molecular weight is 265 g/mol. The van der Waals surface area contributed by atoms with E-state index in [9.17, 15) is 4.79 Å². The van der Waals surface area contributed by atoms with Crippen molar-refractivity contribution in [3.8, 4) is 0 Å². The number of benzene rings is 1. The molecule has 6 heteroatoms. The third kappa shape index (κ3) is 1.84. The van der Waals surface area contributed by atoms with Crippen molar-refractivity contribution in [3.05, 3.63) is 57.7 Å². The van der Waals surface area contributed by atoms with Crippen molar-refractivity contribution in [3.63, 3.8) is 0 Å². The van der Waals surface area contributed by atoms with Gasteiger partial charge in [-0.15, -0.1) is 0 Å². The number of rotatable bonds is 2. The summed E-state index contributed by atoms with van der Waals surface area (Å²) in [5, 5.41) is 6.51. The second-order valence-corrected chi connectivity index (χ2v) is 4.48. The highest BCUT2D eigenvalue weighted by Crippen LogP contribution is 2.41. The molecule has 0 bridgehead atoms. The Bertz CT molecular complexity index is 767. The molecule has 0 radical (unpaired) electrons. The fourth-order valence-electron chi connectivity index (χ4n) is 2.28. The molecule has 98 valence electrons. The molecule has 0 spiro atoms. The van der Waals surface area contributed by atoms with Crippen molar-refractivity contribution in [1.29, 1.82) is 0 Å². The fourth-order valence-corrected chi connectivity index (χ4v) is 2.28. The van der Waals surface area contributed by atoms with Crippen LogP contribution < -0.4 is 5.32 Å². The predicted octanol–water partition coefficient (Wildman–Crippen LogP) is 3.76. The summed E-state index contributed by atoms with van der Waals surface area (Å²) in [6.45, 7) is 1.85. The Morgan fingerprint density at radius 1 is 1.35 bits per heavy atom. The molecule has 1 aromatic heterocycles. The Hall–Kier alpha value is -2.98. The van der Waals surface area contributed by atoms with Gasteiger partial charge in [0.25, 0.3) is 5.91 Å². The topological polar surface area (TPSA) is 93.7 Å². The van der Waals surface area contributed by atoms with Crippen molar-refractivity contribution in [1.82, 2.24) is 4.98 Å². The van der Waals surface area contributed by atoms with E-state index in [-0.39, 0.29) is 5.91 Å². The third-order valence-electron chi connectivity index (χ3n) is 3.21. The lowest BCUT2D eigenvalue weighted by atomic mass is 10.0. The van der Waals surface area contributed by atoms with Crippen LogP contribution in [0.4, 0.5) is 11.4 Å². The van der Waals surface area contributed by atoms with E-state index >= 15 is 0 Å². The number of hydrogen-bond acceptors (Lipinski definition) is 2. The Morgan fingerprint density at radius 2 is 2.20 bits per heavy atom. The molecular weight excluding hydrogens is 254 g/mol. The minimum Gasteiger partial charge on any atom is -0.362 e. The van der Waals surface area contributed by atoms with E-state index < -0.39 is 0 Å². The van der Waals surface area contributed by atoms with Crippen LogP contribution in [0.15, 0.2) is 35.6 Å². The smallest absolute Gasteiger partial charge is 0.256 e. The van der Waals surface area contributed by atoms with E-state index in [4.69, 9.17) is 5.53 Å². The first-order valence-electron chi connectivity index (χ1n) is 6.06. The van der Waals surface area contributed by atoms with E-state index in [0.717, 1.165) is 11.3 Å². The first-order chi connectivity index (χ1) is 9.70. The molecule has 6 nitrogen and oxygen atoms in total. The van der Waals surface area contributed by atoms with Gasteiger partial charge in [0.2, 0.25) is 0 Å². The summed E-state index contributed by atoms with van der Waals surface area (Å²) in [5.74, 6) is -0.199. The summed E-state index contributed by atoms with van der Waals surface area (Å²) in [7, 11) is 0. The highest BCUT2D eigenvalue weighted by atomic mass is 16.2. The molecule has 1 aromatic carbocycles. The van der Waals surface area contributed by atoms with Gasteiger partial charge in [0, 0.05) is 28.1 Å². The maximum Gasteiger partial charge on any atom is 0.256 e. The molecule has 3 rings (SSSR count). The molecule has 0 aliphatic carbocycles. The summed E-state index contributed by atoms with van der Waals surface area (Å²) >= 11 is 0. The highest BCUT2D eigenvalue weighted by Gasteiger charge is 2.27. The van der Waals surface area contributed by atoms with Crippen molar-refractivity contribution in [2.24, 2.45) is 5.11 Å². The number of aromatic nitrogens is 1. The molecule has 1 aliphatic rings. The number of aryl methyl sites for hydroxylation is 1. The zero-order chi connectivity index (χ0) is 14.1. The molecule has 1 amide bonds. The minimum atomic E-state index is -0.199. The van der Waals surface area contributed by atoms with Gasteiger partial charge in [0.15, 0.2) is 0 Å². The molecule has 0 saturated heterocycles. The van der Waals surface area contributed by atoms with Gasteiger partial charge in [-0.3, -0.25) is 4.79 Å². The van der Waals surface area contributed by atoms with Gasteiger partial charge in [0.1, 0.15) is 0 Å². The first-order valence-corrected chi connectivity index (χ1v) is 6.06. The molecule has 1 aliphatic heterocycles. The van der Waals surface area contributed by atoms with Crippen LogP contribution in [0.1, 0.15) is 16.8 Å². The molecule has 2 heterocycles. The SMILES string of the molecule is Cc1ccc2c(c1N=[N+]=[N-])/C(=C/c1ccc[nH]1)C(=O)N2. The van der Waals surface area contributed by atoms with E-state index in [1.54, 1.807) is 12.3 Å². The van der Waals surface area contributed by atoms with E-state index in [2.05, 4.69) is 20.3 Å². The van der Waals surface area contributed by atoms with E-state index in [1.807, 2.05) is 31.2 Å². The predicted molar refractivity (Wildman–Crippen MR) is 77.3 cm³/mol. The van der Waals surface area contributed by atoms with Crippen molar-refractivity contribution >= 4 is 28.9 Å². The number of azide groups is 1. The summed E-state index contributed by atoms with van der Waals surface area (Å²) in [5.41, 5.74) is 12.7. The van der Waals surface area contributed by atoms with Gasteiger partial charge in [-0.25, -0.2) is 0 Å². The van der Waals surface area contributed by atoms with Gasteiger partial charge in [0.05, 0.1) is 11.3 Å². The molecule has 20 heavy (non-hydrogen) atoms. The lowest BCUT2D eigenvalue weighted by Crippen LogP contribution is -2.03. The Kier molecular flexibility index (Phi) is 2.78. The number of hydrogen-bond donors (Lipinski definition) is 2. The number of H-pyrrole nitrogens is 1. The molecule has 0 saturated carbocycles. The quantitative estimate of drug-likeness (QED) is 0.368. The summed E-state index contributed by atoms with van der Waals surface area (Å²) < 4.78 is 0. The standard InChI is InChI=1S/C14H11N5O/c1-8-4-5-11-12(13(8)18-19-15)10(14(20)17-11)7-9-3-2-6-16-9/h2-7,16H,1H3,(H,17,20)/b10-7-. The fraction of sp³-hybridized carbons (Fsp3) is 0.0714. The second-order valence-electron chi connectivity index (χ2n) is 4.48. The van der Waals surface area contributed by atoms with Crippen molar-refractivity contribution < 1.29 is 4.79 Å². The largest absolute Gasteiger partial charge is 0.362 e. The van der Waals surface area contributed by atoms with Crippen LogP contribution in [0.3, 0.4) is 0 Å². The normalized spacial score (nSPS) is 14.8. The first kappa shape index (κ1) is 12.1. The third-order valence-corrected chi connectivity index (χ3v) is 3.21. The second kappa shape index (κ2) is 4.60. The lowest BCUT2D eigenvalue weighted by molar-refractivity contribution is -0.110. The van der Waals surface area contributed by atoms with Crippen molar-refractivity contribution in [2.75, 3.05) is 5.32 Å². The average Bonchev–Trinajstić information content (AvgIpc) is 3.03. The molecule has 2 N–H and O–H groups in total. The Labute approximate surface area is 114 Å². The van der Waals surface area contributed by atoms with Gasteiger partial charge in [-0.05, 0) is 42.3 Å². The molecular formula is C14H11N5O. The van der Waals surface area contributed by atoms with Gasteiger partial charge >= 0.3 is 0 Å². The number of nitrogens with zero attached hydrogens (tertiary/aromatic N) is 3. The zero-order valence-electron chi connectivity index (χ0n) is 10.7. The van der Waals surface area contributed by atoms with Crippen LogP contribution in [0.2, 0.25) is 0 Å². The summed E-state index contributed by atoms with van der Waals surface area (Å²) in [6.07, 6.45) is 3.53. The van der Waals surface area contributed by atoms with Crippen LogP contribution in [0.5, 0.6) is 0 Å². The van der Waals surface area contributed by atoms with Gasteiger partial charge in [-0.1, -0.05) is 11.2 Å². The molecule has 0 atom stereocenters. The van der Waals surface area contributed by atoms with Gasteiger partial charge in [-0.2, -0.15) is 0 Å². The highest BCUT2D eigenvalue weighted by molar-refractivity contribution is 6.36. The van der Waals surface area contributed by atoms with Gasteiger partial charge < -0.3 is 10.3 Å². The van der Waals surface area contributed by atoms with Crippen molar-refractivity contribution in [2.45, 2.75) is 6.92 Å². The molecule has 0 unspecified atom stereocenters. The molecule has 2 aromatic rings. The van der Waals surface area contributed by atoms with Crippen LogP contribution >= 0.6 is 0 Å². The monoisotopic (exact) mass is 265 g/mol. The summed E-state index contributed by atoms with van der Waals surface area (Å²) in [6, 6.07) is 7.35. The number of anilines is 1. The minimum absolute atomic E-state index is 0.199. The van der Waals surface area contributed by atoms with E-state index in [0.29, 0.717) is 22.5 Å². The Morgan fingerprint density at radius 3 is 2.90 bits per heavy atom. The number of amides is 1.